The molecule has 0 bridgehead atoms. The van der Waals surface area contributed by atoms with Crippen molar-refractivity contribution in [2.45, 2.75) is 0 Å². The maximum absolute atomic E-state index is 13.9. The van der Waals surface area contributed by atoms with Crippen LogP contribution in [0.15, 0.2) is 36.4 Å². The van der Waals surface area contributed by atoms with E-state index in [0.29, 0.717) is 4.90 Å². The first-order chi connectivity index (χ1) is 9.52. The van der Waals surface area contributed by atoms with Crippen molar-refractivity contribution in [3.8, 4) is 0 Å². The lowest BCUT2D eigenvalue weighted by Crippen LogP contribution is -2.31. The van der Waals surface area contributed by atoms with Crippen LogP contribution in [0.1, 0.15) is 20.7 Å². The van der Waals surface area contributed by atoms with Crippen molar-refractivity contribution in [3.05, 3.63) is 59.2 Å². The first kappa shape index (κ1) is 12.3. The molecule has 2 N–H and O–H groups in total. The molecule has 0 aliphatic carbocycles. The molecule has 0 unspecified atom stereocenters. The number of nitrogen functional groups attached to an aromatic ring is 1. The SMILES string of the molecule is Nc1ccc(F)c(F)c1N1C(=O)c2ccccc2C1=O. The summed E-state index contributed by atoms with van der Waals surface area (Å²) in [4.78, 5) is 24.9. The number of nitrogens with two attached hydrogens (primary N) is 1. The molecule has 1 heterocycles. The van der Waals surface area contributed by atoms with Crippen molar-refractivity contribution < 1.29 is 18.4 Å². The molecule has 0 radical (unpaired) electrons. The van der Waals surface area contributed by atoms with Gasteiger partial charge in [0.25, 0.3) is 11.8 Å². The molecule has 1 aliphatic heterocycles. The van der Waals surface area contributed by atoms with Gasteiger partial charge in [0.2, 0.25) is 0 Å². The summed E-state index contributed by atoms with van der Waals surface area (Å²) in [5.74, 6) is -3.94. The van der Waals surface area contributed by atoms with Gasteiger partial charge in [-0.25, -0.2) is 13.7 Å². The zero-order valence-electron chi connectivity index (χ0n) is 10.1. The minimum Gasteiger partial charge on any atom is -0.397 e. The molecule has 2 aromatic carbocycles. The summed E-state index contributed by atoms with van der Waals surface area (Å²) in [6.45, 7) is 0. The second kappa shape index (κ2) is 4.12. The van der Waals surface area contributed by atoms with Crippen molar-refractivity contribution in [1.29, 1.82) is 0 Å². The molecule has 100 valence electrons. The summed E-state index contributed by atoms with van der Waals surface area (Å²) in [5.41, 5.74) is 5.13. The molecule has 2 amide bonds. The fraction of sp³-hybridized carbons (Fsp3) is 0. The maximum atomic E-state index is 13.9. The highest BCUT2D eigenvalue weighted by Crippen LogP contribution is 2.34. The molecule has 20 heavy (non-hydrogen) atoms. The molecule has 0 spiro atoms. The van der Waals surface area contributed by atoms with E-state index in [-0.39, 0.29) is 16.8 Å². The Morgan fingerprint density at radius 3 is 2.00 bits per heavy atom. The number of nitrogens with zero attached hydrogens (tertiary/aromatic N) is 1. The summed E-state index contributed by atoms with van der Waals surface area (Å²) in [7, 11) is 0. The second-order valence-electron chi connectivity index (χ2n) is 4.29. The average Bonchev–Trinajstić information content (AvgIpc) is 2.69. The van der Waals surface area contributed by atoms with Gasteiger partial charge in [-0.1, -0.05) is 12.1 Å². The number of benzene rings is 2. The van der Waals surface area contributed by atoms with Crippen molar-refractivity contribution >= 4 is 23.2 Å². The summed E-state index contributed by atoms with van der Waals surface area (Å²) in [6, 6.07) is 8.01. The molecule has 0 saturated carbocycles. The van der Waals surface area contributed by atoms with Crippen molar-refractivity contribution in [3.63, 3.8) is 0 Å². The third-order valence-electron chi connectivity index (χ3n) is 3.12. The van der Waals surface area contributed by atoms with Crippen LogP contribution in [-0.4, -0.2) is 11.8 Å². The molecule has 0 aromatic heterocycles. The lowest BCUT2D eigenvalue weighted by Gasteiger charge is -2.17. The Morgan fingerprint density at radius 1 is 0.900 bits per heavy atom. The zero-order chi connectivity index (χ0) is 14.4. The van der Waals surface area contributed by atoms with Crippen LogP contribution in [-0.2, 0) is 0 Å². The van der Waals surface area contributed by atoms with Crippen LogP contribution < -0.4 is 10.6 Å². The van der Waals surface area contributed by atoms with E-state index in [1.807, 2.05) is 0 Å². The Bertz CT molecular complexity index is 724. The lowest BCUT2D eigenvalue weighted by atomic mass is 10.1. The number of rotatable bonds is 1. The van der Waals surface area contributed by atoms with E-state index in [0.717, 1.165) is 12.1 Å². The van der Waals surface area contributed by atoms with Gasteiger partial charge in [0.1, 0.15) is 5.69 Å². The normalized spacial score (nSPS) is 13.8. The minimum atomic E-state index is -1.32. The first-order valence-corrected chi connectivity index (χ1v) is 5.73. The van der Waals surface area contributed by atoms with Crippen molar-refractivity contribution in [1.82, 2.24) is 0 Å². The molecule has 0 fully saturated rings. The maximum Gasteiger partial charge on any atom is 0.266 e. The number of hydrogen-bond acceptors (Lipinski definition) is 3. The van der Waals surface area contributed by atoms with Gasteiger partial charge in [0, 0.05) is 0 Å². The molecule has 0 saturated heterocycles. The standard InChI is InChI=1S/C14H8F2N2O2/c15-9-5-6-10(17)12(11(9)16)18-13(19)7-3-1-2-4-8(7)14(18)20/h1-6H,17H2. The largest absolute Gasteiger partial charge is 0.397 e. The summed E-state index contributed by atoms with van der Waals surface area (Å²) in [5, 5.41) is 0. The Morgan fingerprint density at radius 2 is 1.45 bits per heavy atom. The van der Waals surface area contributed by atoms with E-state index >= 15 is 0 Å². The van der Waals surface area contributed by atoms with Crippen LogP contribution in [0.2, 0.25) is 0 Å². The number of imide groups is 1. The number of carbonyl (C=O) groups is 2. The van der Waals surface area contributed by atoms with Gasteiger partial charge in [-0.2, -0.15) is 0 Å². The number of hydrogen-bond donors (Lipinski definition) is 1. The third kappa shape index (κ3) is 1.51. The summed E-state index contributed by atoms with van der Waals surface area (Å²) < 4.78 is 27.2. The number of halogens is 2. The van der Waals surface area contributed by atoms with Gasteiger partial charge in [0.15, 0.2) is 11.6 Å². The monoisotopic (exact) mass is 274 g/mol. The third-order valence-corrected chi connectivity index (χ3v) is 3.12. The molecule has 1 aliphatic rings. The minimum absolute atomic E-state index is 0.139. The Hall–Kier alpha value is -2.76. The number of fused-ring (bicyclic) bond motifs is 1. The van der Waals surface area contributed by atoms with E-state index in [4.69, 9.17) is 5.73 Å². The number of amides is 2. The quantitative estimate of drug-likeness (QED) is 0.641. The van der Waals surface area contributed by atoms with Gasteiger partial charge in [-0.05, 0) is 24.3 Å². The van der Waals surface area contributed by atoms with Crippen LogP contribution in [0.25, 0.3) is 0 Å². The van der Waals surface area contributed by atoms with E-state index in [1.54, 1.807) is 12.1 Å². The number of anilines is 2. The van der Waals surface area contributed by atoms with Gasteiger partial charge >= 0.3 is 0 Å². The Labute approximate surface area is 112 Å². The predicted octanol–water partition coefficient (Wildman–Crippen LogP) is 2.35. The average molecular weight is 274 g/mol. The molecule has 4 nitrogen and oxygen atoms in total. The fourth-order valence-corrected chi connectivity index (χ4v) is 2.17. The molecular formula is C14H8F2N2O2. The van der Waals surface area contributed by atoms with Gasteiger partial charge in [-0.15, -0.1) is 0 Å². The summed E-state index contributed by atoms with van der Waals surface area (Å²) >= 11 is 0. The van der Waals surface area contributed by atoms with Crippen molar-refractivity contribution in [2.75, 3.05) is 10.6 Å². The second-order valence-corrected chi connectivity index (χ2v) is 4.29. The predicted molar refractivity (Wildman–Crippen MR) is 68.4 cm³/mol. The summed E-state index contributed by atoms with van der Waals surface area (Å²) in [6.07, 6.45) is 0. The Balaban J connectivity index is 2.22. The highest BCUT2D eigenvalue weighted by molar-refractivity contribution is 6.35. The van der Waals surface area contributed by atoms with E-state index < -0.39 is 29.1 Å². The molecule has 0 atom stereocenters. The molecule has 3 rings (SSSR count). The van der Waals surface area contributed by atoms with Crippen LogP contribution in [0.3, 0.4) is 0 Å². The smallest absolute Gasteiger partial charge is 0.266 e. The first-order valence-electron chi connectivity index (χ1n) is 5.73. The van der Waals surface area contributed by atoms with Crippen molar-refractivity contribution in [2.24, 2.45) is 0 Å². The van der Waals surface area contributed by atoms with E-state index in [2.05, 4.69) is 0 Å². The Kier molecular flexibility index (Phi) is 2.53. The van der Waals surface area contributed by atoms with Crippen LogP contribution in [0, 0.1) is 11.6 Å². The van der Waals surface area contributed by atoms with E-state index in [9.17, 15) is 18.4 Å². The highest BCUT2D eigenvalue weighted by atomic mass is 19.2. The van der Waals surface area contributed by atoms with Gasteiger partial charge < -0.3 is 5.73 Å². The van der Waals surface area contributed by atoms with E-state index in [1.165, 1.54) is 12.1 Å². The molecular weight excluding hydrogens is 266 g/mol. The number of carbonyl (C=O) groups excluding carboxylic acids is 2. The van der Waals surface area contributed by atoms with Crippen LogP contribution in [0.4, 0.5) is 20.2 Å². The zero-order valence-corrected chi connectivity index (χ0v) is 10.1. The lowest BCUT2D eigenvalue weighted by molar-refractivity contribution is 0.0925. The molecule has 2 aromatic rings. The van der Waals surface area contributed by atoms with Gasteiger partial charge in [0.05, 0.1) is 16.8 Å². The topological polar surface area (TPSA) is 63.4 Å². The van der Waals surface area contributed by atoms with Crippen LogP contribution >= 0.6 is 0 Å². The van der Waals surface area contributed by atoms with Crippen LogP contribution in [0.5, 0.6) is 0 Å². The molecule has 6 heteroatoms. The fourth-order valence-electron chi connectivity index (χ4n) is 2.17. The van der Waals surface area contributed by atoms with Gasteiger partial charge in [-0.3, -0.25) is 9.59 Å². The highest BCUT2D eigenvalue weighted by Gasteiger charge is 2.39.